The molecule has 0 aliphatic carbocycles. The summed E-state index contributed by atoms with van der Waals surface area (Å²) in [5, 5.41) is 2.77. The Bertz CT molecular complexity index is 647. The fraction of sp³-hybridized carbons (Fsp3) is 0.235. The van der Waals surface area contributed by atoms with Crippen molar-refractivity contribution in [2.24, 2.45) is 0 Å². The van der Waals surface area contributed by atoms with Gasteiger partial charge in [0.2, 0.25) is 5.91 Å². The fourth-order valence-corrected chi connectivity index (χ4v) is 3.34. The third-order valence-corrected chi connectivity index (χ3v) is 4.82. The van der Waals surface area contributed by atoms with Crippen molar-refractivity contribution in [1.29, 1.82) is 0 Å². The van der Waals surface area contributed by atoms with Gasteiger partial charge in [0.05, 0.1) is 5.75 Å². The van der Waals surface area contributed by atoms with Crippen molar-refractivity contribution in [1.82, 2.24) is 0 Å². The van der Waals surface area contributed by atoms with Crippen molar-refractivity contribution in [3.05, 3.63) is 59.7 Å². The molecule has 2 nitrogen and oxygen atoms in total. The first-order valence-electron chi connectivity index (χ1n) is 7.01. The number of hydrogen-bond acceptors (Lipinski definition) is 3. The molecule has 0 saturated carbocycles. The summed E-state index contributed by atoms with van der Waals surface area (Å²) >= 11 is 2.03. The summed E-state index contributed by atoms with van der Waals surface area (Å²) in [5.41, 5.74) is 3.05. The Morgan fingerprint density at radius 3 is 2.48 bits per heavy atom. The van der Waals surface area contributed by atoms with Crippen LogP contribution < -0.4 is 5.32 Å². The molecule has 0 bridgehead atoms. The number of halogens is 2. The molecule has 0 atom stereocenters. The van der Waals surface area contributed by atoms with E-state index in [-0.39, 0.29) is 5.91 Å². The van der Waals surface area contributed by atoms with Crippen LogP contribution in [-0.2, 0) is 10.5 Å². The largest absolute Gasteiger partial charge is 0.325 e. The first-order chi connectivity index (χ1) is 11.0. The third kappa shape index (κ3) is 6.23. The number of anilines is 1. The molecule has 1 amide bonds. The number of amides is 1. The second kappa shape index (κ2) is 8.93. The van der Waals surface area contributed by atoms with E-state index in [0.29, 0.717) is 28.1 Å². The summed E-state index contributed by atoms with van der Waals surface area (Å²) in [5.74, 6) is -1.41. The van der Waals surface area contributed by atoms with Gasteiger partial charge < -0.3 is 5.32 Å². The minimum atomic E-state index is -2.44. The van der Waals surface area contributed by atoms with Crippen LogP contribution in [-0.4, -0.2) is 17.4 Å². The van der Waals surface area contributed by atoms with E-state index in [1.807, 2.05) is 12.1 Å². The van der Waals surface area contributed by atoms with Crippen molar-refractivity contribution < 1.29 is 13.6 Å². The van der Waals surface area contributed by atoms with Gasteiger partial charge in [0.1, 0.15) is 0 Å². The highest BCUT2D eigenvalue weighted by Crippen LogP contribution is 2.26. The Morgan fingerprint density at radius 1 is 1.13 bits per heavy atom. The van der Waals surface area contributed by atoms with Gasteiger partial charge in [0, 0.05) is 16.3 Å². The van der Waals surface area contributed by atoms with Crippen molar-refractivity contribution in [2.75, 3.05) is 11.1 Å². The van der Waals surface area contributed by atoms with Gasteiger partial charge >= 0.3 is 0 Å². The Hall–Kier alpha value is -1.53. The summed E-state index contributed by atoms with van der Waals surface area (Å²) in [6, 6.07) is 14.5. The SMILES string of the molecule is Cc1ccccc1CSCC(=O)Nc1ccc(SC(F)F)cc1. The van der Waals surface area contributed by atoms with Crippen LogP contribution in [0.2, 0.25) is 0 Å². The van der Waals surface area contributed by atoms with E-state index >= 15 is 0 Å². The van der Waals surface area contributed by atoms with E-state index in [0.717, 1.165) is 5.75 Å². The molecule has 2 aromatic rings. The molecule has 0 spiro atoms. The monoisotopic (exact) mass is 353 g/mol. The molecular weight excluding hydrogens is 336 g/mol. The zero-order valence-electron chi connectivity index (χ0n) is 12.6. The highest BCUT2D eigenvalue weighted by molar-refractivity contribution is 7.99. The predicted molar refractivity (Wildman–Crippen MR) is 94.3 cm³/mol. The summed E-state index contributed by atoms with van der Waals surface area (Å²) < 4.78 is 24.5. The topological polar surface area (TPSA) is 29.1 Å². The van der Waals surface area contributed by atoms with Crippen LogP contribution in [0.15, 0.2) is 53.4 Å². The molecule has 2 aromatic carbocycles. The Kier molecular flexibility index (Phi) is 6.92. The van der Waals surface area contributed by atoms with Crippen LogP contribution in [0.3, 0.4) is 0 Å². The van der Waals surface area contributed by atoms with Gasteiger partial charge in [-0.2, -0.15) is 8.78 Å². The maximum absolute atomic E-state index is 12.2. The van der Waals surface area contributed by atoms with E-state index < -0.39 is 5.76 Å². The highest BCUT2D eigenvalue weighted by atomic mass is 32.2. The third-order valence-electron chi connectivity index (χ3n) is 3.12. The number of aryl methyl sites for hydroxylation is 1. The molecule has 0 heterocycles. The van der Waals surface area contributed by atoms with Crippen molar-refractivity contribution in [2.45, 2.75) is 23.3 Å². The maximum Gasteiger partial charge on any atom is 0.288 e. The second-order valence-electron chi connectivity index (χ2n) is 4.87. The molecule has 0 saturated heterocycles. The number of nitrogens with one attached hydrogen (secondary N) is 1. The summed E-state index contributed by atoms with van der Waals surface area (Å²) in [7, 11) is 0. The lowest BCUT2D eigenvalue weighted by molar-refractivity contribution is -0.113. The summed E-state index contributed by atoms with van der Waals surface area (Å²) in [6.07, 6.45) is 0. The molecule has 1 N–H and O–H groups in total. The number of rotatable bonds is 7. The molecule has 2 rings (SSSR count). The highest BCUT2D eigenvalue weighted by Gasteiger charge is 2.07. The van der Waals surface area contributed by atoms with Gasteiger partial charge in [0.15, 0.2) is 0 Å². The van der Waals surface area contributed by atoms with Crippen LogP contribution >= 0.6 is 23.5 Å². The normalized spacial score (nSPS) is 10.8. The molecule has 0 fully saturated rings. The van der Waals surface area contributed by atoms with Crippen LogP contribution in [0, 0.1) is 6.92 Å². The van der Waals surface area contributed by atoms with E-state index in [2.05, 4.69) is 24.4 Å². The number of carbonyl (C=O) groups is 1. The molecule has 0 aliphatic rings. The van der Waals surface area contributed by atoms with E-state index in [9.17, 15) is 13.6 Å². The molecule has 23 heavy (non-hydrogen) atoms. The van der Waals surface area contributed by atoms with Gasteiger partial charge in [-0.05, 0) is 42.3 Å². The first-order valence-corrected chi connectivity index (χ1v) is 9.05. The van der Waals surface area contributed by atoms with Gasteiger partial charge in [-0.1, -0.05) is 36.0 Å². The average Bonchev–Trinajstić information content (AvgIpc) is 2.51. The minimum Gasteiger partial charge on any atom is -0.325 e. The van der Waals surface area contributed by atoms with Crippen LogP contribution in [0.5, 0.6) is 0 Å². The number of thioether (sulfide) groups is 2. The van der Waals surface area contributed by atoms with Crippen molar-refractivity contribution in [3.63, 3.8) is 0 Å². The number of benzene rings is 2. The van der Waals surface area contributed by atoms with Crippen LogP contribution in [0.25, 0.3) is 0 Å². The minimum absolute atomic E-state index is 0.0992. The average molecular weight is 353 g/mol. The van der Waals surface area contributed by atoms with Gasteiger partial charge in [-0.25, -0.2) is 0 Å². The number of hydrogen-bond donors (Lipinski definition) is 1. The first kappa shape index (κ1) is 17.8. The fourth-order valence-electron chi connectivity index (χ4n) is 1.94. The Balaban J connectivity index is 1.77. The van der Waals surface area contributed by atoms with Gasteiger partial charge in [-0.3, -0.25) is 4.79 Å². The van der Waals surface area contributed by atoms with E-state index in [1.165, 1.54) is 11.1 Å². The second-order valence-corrected chi connectivity index (χ2v) is 6.92. The molecule has 0 unspecified atom stereocenters. The van der Waals surface area contributed by atoms with Gasteiger partial charge in [-0.15, -0.1) is 11.8 Å². The van der Waals surface area contributed by atoms with Crippen molar-refractivity contribution in [3.8, 4) is 0 Å². The Morgan fingerprint density at radius 2 is 1.83 bits per heavy atom. The summed E-state index contributed by atoms with van der Waals surface area (Å²) in [6.45, 7) is 2.05. The van der Waals surface area contributed by atoms with E-state index in [4.69, 9.17) is 0 Å². The standard InChI is InChI=1S/C17H17F2NOS2/c1-12-4-2-3-5-13(12)10-22-11-16(21)20-14-6-8-15(9-7-14)23-17(18)19/h2-9,17H,10-11H2,1H3,(H,20,21). The van der Waals surface area contributed by atoms with E-state index in [1.54, 1.807) is 36.0 Å². The Labute approximate surface area is 143 Å². The molecule has 0 radical (unpaired) electrons. The van der Waals surface area contributed by atoms with Gasteiger partial charge in [0.25, 0.3) is 5.76 Å². The van der Waals surface area contributed by atoms with Crippen LogP contribution in [0.4, 0.5) is 14.5 Å². The molecule has 0 aliphatic heterocycles. The van der Waals surface area contributed by atoms with Crippen LogP contribution in [0.1, 0.15) is 11.1 Å². The lowest BCUT2D eigenvalue weighted by Gasteiger charge is -2.07. The zero-order chi connectivity index (χ0) is 16.7. The zero-order valence-corrected chi connectivity index (χ0v) is 14.2. The predicted octanol–water partition coefficient (Wildman–Crippen LogP) is 5.18. The summed E-state index contributed by atoms with van der Waals surface area (Å²) in [4.78, 5) is 12.4. The lowest BCUT2D eigenvalue weighted by atomic mass is 10.1. The molecular formula is C17H17F2NOS2. The molecule has 6 heteroatoms. The number of alkyl halides is 2. The molecule has 0 aromatic heterocycles. The smallest absolute Gasteiger partial charge is 0.288 e. The quantitative estimate of drug-likeness (QED) is 0.695. The van der Waals surface area contributed by atoms with Crippen molar-refractivity contribution >= 4 is 35.1 Å². The molecule has 122 valence electrons. The lowest BCUT2D eigenvalue weighted by Crippen LogP contribution is -2.14. The maximum atomic E-state index is 12.2. The number of carbonyl (C=O) groups excluding carboxylic acids is 1.